The lowest BCUT2D eigenvalue weighted by Gasteiger charge is -2.12. The van der Waals surface area contributed by atoms with Crippen LogP contribution in [0.1, 0.15) is 12.6 Å². The summed E-state index contributed by atoms with van der Waals surface area (Å²) in [5.41, 5.74) is 7.49. The van der Waals surface area contributed by atoms with E-state index in [9.17, 15) is 0 Å². The molecule has 2 N–H and O–H groups in total. The van der Waals surface area contributed by atoms with E-state index in [4.69, 9.17) is 10.5 Å². The maximum Gasteiger partial charge on any atom is 0.121 e. The first kappa shape index (κ1) is 10.9. The summed E-state index contributed by atoms with van der Waals surface area (Å²) in [6, 6.07) is 9.99. The van der Waals surface area contributed by atoms with Crippen LogP contribution in [0, 0.1) is 6.92 Å². The van der Waals surface area contributed by atoms with Crippen molar-refractivity contribution in [2.45, 2.75) is 20.0 Å². The number of nitrogens with two attached hydrogens (primary N) is 1. The predicted molar refractivity (Wildman–Crippen MR) is 65.6 cm³/mol. The van der Waals surface area contributed by atoms with Crippen LogP contribution in [0.25, 0.3) is 10.9 Å². The van der Waals surface area contributed by atoms with Crippen molar-refractivity contribution in [1.29, 1.82) is 0 Å². The Hall–Kier alpha value is -1.61. The zero-order valence-electron chi connectivity index (χ0n) is 9.60. The third kappa shape index (κ3) is 2.31. The Morgan fingerprint density at radius 1 is 1.31 bits per heavy atom. The van der Waals surface area contributed by atoms with E-state index in [1.807, 2.05) is 38.1 Å². The van der Waals surface area contributed by atoms with Gasteiger partial charge in [-0.15, -0.1) is 0 Å². The molecule has 1 atom stereocenters. The number of hydrogen-bond donors (Lipinski definition) is 1. The maximum absolute atomic E-state index is 5.65. The minimum Gasteiger partial charge on any atom is -0.489 e. The number of rotatable bonds is 3. The van der Waals surface area contributed by atoms with Gasteiger partial charge < -0.3 is 10.5 Å². The molecule has 0 saturated carbocycles. The van der Waals surface area contributed by atoms with Gasteiger partial charge in [-0.1, -0.05) is 6.07 Å². The number of fused-ring (bicyclic) bond motifs is 1. The van der Waals surface area contributed by atoms with Gasteiger partial charge in [-0.25, -0.2) is 0 Å². The Morgan fingerprint density at radius 2 is 2.06 bits per heavy atom. The van der Waals surface area contributed by atoms with Crippen LogP contribution in [0.15, 0.2) is 30.3 Å². The summed E-state index contributed by atoms with van der Waals surface area (Å²) in [6.45, 7) is 4.45. The fourth-order valence-corrected chi connectivity index (χ4v) is 1.55. The van der Waals surface area contributed by atoms with Crippen molar-refractivity contribution in [3.8, 4) is 5.75 Å². The smallest absolute Gasteiger partial charge is 0.121 e. The van der Waals surface area contributed by atoms with Crippen molar-refractivity contribution in [2.75, 3.05) is 6.54 Å². The highest BCUT2D eigenvalue weighted by Crippen LogP contribution is 2.20. The van der Waals surface area contributed by atoms with E-state index in [1.165, 1.54) is 0 Å². The van der Waals surface area contributed by atoms with E-state index in [2.05, 4.69) is 11.1 Å². The molecule has 2 rings (SSSR count). The number of pyridine rings is 1. The second-order valence-electron chi connectivity index (χ2n) is 3.97. The minimum atomic E-state index is 0.0299. The Kier molecular flexibility index (Phi) is 3.06. The van der Waals surface area contributed by atoms with E-state index < -0.39 is 0 Å². The van der Waals surface area contributed by atoms with Gasteiger partial charge in [-0.3, -0.25) is 4.98 Å². The van der Waals surface area contributed by atoms with Gasteiger partial charge in [0.1, 0.15) is 11.9 Å². The molecule has 0 radical (unpaired) electrons. The van der Waals surface area contributed by atoms with Crippen LogP contribution in [-0.2, 0) is 0 Å². The van der Waals surface area contributed by atoms with Crippen LogP contribution < -0.4 is 10.5 Å². The second-order valence-corrected chi connectivity index (χ2v) is 3.97. The Labute approximate surface area is 95.2 Å². The average Bonchev–Trinajstić information content (AvgIpc) is 2.28. The monoisotopic (exact) mass is 216 g/mol. The van der Waals surface area contributed by atoms with Gasteiger partial charge in [0.15, 0.2) is 0 Å². The number of hydrogen-bond acceptors (Lipinski definition) is 3. The standard InChI is InChI=1S/C13H16N2O/c1-9-3-4-11-5-6-12(7-13(11)15-9)16-10(2)8-14/h3-7,10H,8,14H2,1-2H3. The molecule has 1 heterocycles. The minimum absolute atomic E-state index is 0.0299. The SMILES string of the molecule is Cc1ccc2ccc(OC(C)CN)cc2n1. The largest absolute Gasteiger partial charge is 0.489 e. The highest BCUT2D eigenvalue weighted by atomic mass is 16.5. The summed E-state index contributed by atoms with van der Waals surface area (Å²) in [6.07, 6.45) is 0.0299. The Morgan fingerprint density at radius 3 is 2.81 bits per heavy atom. The molecule has 0 spiro atoms. The molecule has 1 unspecified atom stereocenters. The molecular weight excluding hydrogens is 200 g/mol. The molecule has 0 aliphatic heterocycles. The summed E-state index contributed by atoms with van der Waals surface area (Å²) < 4.78 is 5.65. The van der Waals surface area contributed by atoms with Gasteiger partial charge in [0.05, 0.1) is 5.52 Å². The van der Waals surface area contributed by atoms with Gasteiger partial charge in [-0.05, 0) is 32.0 Å². The maximum atomic E-state index is 5.65. The quantitative estimate of drug-likeness (QED) is 0.856. The molecule has 0 saturated heterocycles. The molecule has 3 heteroatoms. The third-order valence-electron chi connectivity index (χ3n) is 2.47. The fourth-order valence-electron chi connectivity index (χ4n) is 1.55. The van der Waals surface area contributed by atoms with Crippen LogP contribution in [0.5, 0.6) is 5.75 Å². The van der Waals surface area contributed by atoms with Crippen molar-refractivity contribution in [3.05, 3.63) is 36.0 Å². The second kappa shape index (κ2) is 4.49. The fraction of sp³-hybridized carbons (Fsp3) is 0.308. The molecule has 1 aromatic heterocycles. The first-order chi connectivity index (χ1) is 7.69. The molecule has 0 aliphatic carbocycles. The summed E-state index contributed by atoms with van der Waals surface area (Å²) >= 11 is 0. The third-order valence-corrected chi connectivity index (χ3v) is 2.47. The lowest BCUT2D eigenvalue weighted by Crippen LogP contribution is -2.22. The van der Waals surface area contributed by atoms with Gasteiger partial charge >= 0.3 is 0 Å². The predicted octanol–water partition coefficient (Wildman–Crippen LogP) is 2.27. The molecule has 84 valence electrons. The lowest BCUT2D eigenvalue weighted by atomic mass is 10.2. The van der Waals surface area contributed by atoms with Crippen LogP contribution in [0.3, 0.4) is 0 Å². The molecular formula is C13H16N2O. The summed E-state index contributed by atoms with van der Waals surface area (Å²) in [4.78, 5) is 4.46. The van der Waals surface area contributed by atoms with Crippen molar-refractivity contribution in [3.63, 3.8) is 0 Å². The van der Waals surface area contributed by atoms with Crippen molar-refractivity contribution in [2.24, 2.45) is 5.73 Å². The van der Waals surface area contributed by atoms with E-state index in [1.54, 1.807) is 0 Å². The first-order valence-corrected chi connectivity index (χ1v) is 5.43. The van der Waals surface area contributed by atoms with Crippen LogP contribution in [-0.4, -0.2) is 17.6 Å². The normalized spacial score (nSPS) is 12.7. The molecule has 1 aromatic carbocycles. The number of benzene rings is 1. The molecule has 0 aliphatic rings. The Balaban J connectivity index is 2.35. The van der Waals surface area contributed by atoms with Gasteiger partial charge in [0.25, 0.3) is 0 Å². The number of aryl methyl sites for hydroxylation is 1. The van der Waals surface area contributed by atoms with Crippen molar-refractivity contribution < 1.29 is 4.74 Å². The van der Waals surface area contributed by atoms with E-state index in [0.717, 1.165) is 22.3 Å². The first-order valence-electron chi connectivity index (χ1n) is 5.43. The zero-order chi connectivity index (χ0) is 11.5. The number of nitrogens with zero attached hydrogens (tertiary/aromatic N) is 1. The van der Waals surface area contributed by atoms with Gasteiger partial charge in [0, 0.05) is 23.7 Å². The van der Waals surface area contributed by atoms with E-state index in [-0.39, 0.29) is 6.10 Å². The van der Waals surface area contributed by atoms with Crippen LogP contribution in [0.4, 0.5) is 0 Å². The summed E-state index contributed by atoms with van der Waals surface area (Å²) in [5, 5.41) is 1.12. The lowest BCUT2D eigenvalue weighted by molar-refractivity contribution is 0.230. The molecule has 0 bridgehead atoms. The Bertz CT molecular complexity index is 496. The topological polar surface area (TPSA) is 48.1 Å². The summed E-state index contributed by atoms with van der Waals surface area (Å²) in [7, 11) is 0. The number of aromatic nitrogens is 1. The van der Waals surface area contributed by atoms with Crippen molar-refractivity contribution in [1.82, 2.24) is 4.98 Å². The molecule has 2 aromatic rings. The van der Waals surface area contributed by atoms with Crippen LogP contribution in [0.2, 0.25) is 0 Å². The van der Waals surface area contributed by atoms with E-state index in [0.29, 0.717) is 6.54 Å². The molecule has 0 fully saturated rings. The van der Waals surface area contributed by atoms with E-state index >= 15 is 0 Å². The van der Waals surface area contributed by atoms with Crippen molar-refractivity contribution >= 4 is 10.9 Å². The van der Waals surface area contributed by atoms with Gasteiger partial charge in [0.2, 0.25) is 0 Å². The average molecular weight is 216 g/mol. The van der Waals surface area contributed by atoms with Gasteiger partial charge in [-0.2, -0.15) is 0 Å². The highest BCUT2D eigenvalue weighted by molar-refractivity contribution is 5.80. The zero-order valence-corrected chi connectivity index (χ0v) is 9.60. The molecule has 0 amide bonds. The highest BCUT2D eigenvalue weighted by Gasteiger charge is 2.03. The number of ether oxygens (including phenoxy) is 1. The van der Waals surface area contributed by atoms with Crippen LogP contribution >= 0.6 is 0 Å². The molecule has 3 nitrogen and oxygen atoms in total. The summed E-state index contributed by atoms with van der Waals surface area (Å²) in [5.74, 6) is 0.823. The molecule has 16 heavy (non-hydrogen) atoms.